The minimum Gasteiger partial charge on any atom is -0.486 e. The smallest absolute Gasteiger partial charge is 0.269 e. The van der Waals surface area contributed by atoms with E-state index in [-0.39, 0.29) is 30.6 Å². The van der Waals surface area contributed by atoms with Crippen LogP contribution < -0.4 is 10.1 Å². The molecule has 1 aliphatic rings. The van der Waals surface area contributed by atoms with Gasteiger partial charge >= 0.3 is 0 Å². The lowest BCUT2D eigenvalue weighted by molar-refractivity contribution is -0.0136. The Bertz CT molecular complexity index is 770. The van der Waals surface area contributed by atoms with Crippen LogP contribution in [0.1, 0.15) is 47.9 Å². The Balaban J connectivity index is 1.68. The van der Waals surface area contributed by atoms with Gasteiger partial charge in [0.15, 0.2) is 0 Å². The molecule has 7 heteroatoms. The largest absolute Gasteiger partial charge is 0.486 e. The molecule has 1 aliphatic heterocycles. The van der Waals surface area contributed by atoms with E-state index in [1.807, 2.05) is 30.3 Å². The molecular formula is C20H27N3O4. The zero-order chi connectivity index (χ0) is 19.4. The lowest BCUT2D eigenvalue weighted by atomic mass is 10.1. The molecule has 7 nitrogen and oxygen atoms in total. The van der Waals surface area contributed by atoms with Crippen LogP contribution in [0.3, 0.4) is 0 Å². The molecule has 2 heterocycles. The zero-order valence-corrected chi connectivity index (χ0v) is 16.0. The number of ether oxygens (including phenoxy) is 2. The van der Waals surface area contributed by atoms with Gasteiger partial charge in [-0.25, -0.2) is 0 Å². The summed E-state index contributed by atoms with van der Waals surface area (Å²) in [6.07, 6.45) is 0.403. The number of aryl methyl sites for hydroxylation is 1. The van der Waals surface area contributed by atoms with Gasteiger partial charge in [0.25, 0.3) is 5.91 Å². The summed E-state index contributed by atoms with van der Waals surface area (Å²) in [5.41, 5.74) is 2.26. The Hall–Kier alpha value is -2.38. The van der Waals surface area contributed by atoms with E-state index in [0.717, 1.165) is 11.3 Å². The predicted molar refractivity (Wildman–Crippen MR) is 101 cm³/mol. The molecule has 0 spiro atoms. The molecule has 1 fully saturated rings. The van der Waals surface area contributed by atoms with E-state index in [4.69, 9.17) is 14.6 Å². The number of nitrogens with one attached hydrogen (secondary N) is 1. The Morgan fingerprint density at radius 3 is 2.78 bits per heavy atom. The second kappa shape index (κ2) is 8.54. The molecule has 1 aromatic heterocycles. The van der Waals surface area contributed by atoms with Crippen LogP contribution in [-0.2, 0) is 18.4 Å². The van der Waals surface area contributed by atoms with Crippen molar-refractivity contribution in [1.82, 2.24) is 15.1 Å². The second-order valence-corrected chi connectivity index (χ2v) is 7.13. The van der Waals surface area contributed by atoms with Gasteiger partial charge in [0.2, 0.25) is 0 Å². The average molecular weight is 373 g/mol. The number of aliphatic hydroxyl groups excluding tert-OH is 1. The van der Waals surface area contributed by atoms with Crippen LogP contribution >= 0.6 is 0 Å². The van der Waals surface area contributed by atoms with E-state index >= 15 is 0 Å². The summed E-state index contributed by atoms with van der Waals surface area (Å²) in [7, 11) is 1.78. The summed E-state index contributed by atoms with van der Waals surface area (Å²) >= 11 is 0. The van der Waals surface area contributed by atoms with Gasteiger partial charge in [0.1, 0.15) is 17.5 Å². The molecule has 2 atom stereocenters. The highest BCUT2D eigenvalue weighted by molar-refractivity contribution is 5.93. The molecule has 0 unspecified atom stereocenters. The minimum absolute atomic E-state index is 0.00539. The van der Waals surface area contributed by atoms with Crippen LogP contribution in [0, 0.1) is 0 Å². The summed E-state index contributed by atoms with van der Waals surface area (Å²) < 4.78 is 13.2. The first-order valence-corrected chi connectivity index (χ1v) is 9.27. The van der Waals surface area contributed by atoms with Crippen molar-refractivity contribution in [3.8, 4) is 5.75 Å². The standard InChI is InChI=1S/C20H27N3O4/c1-13(2)17-10-18(23(3)22-17)20(25)21-16-8-9-26-12-19(16)27-15-6-4-14(11-24)5-7-15/h4-7,10,13,16,19,24H,8-9,11-12H2,1-3H3,(H,21,25)/t16-,19-/m1/s1. The lowest BCUT2D eigenvalue weighted by Gasteiger charge is -2.32. The number of hydrogen-bond donors (Lipinski definition) is 2. The Morgan fingerprint density at radius 2 is 2.15 bits per heavy atom. The first-order chi connectivity index (χ1) is 13.0. The van der Waals surface area contributed by atoms with E-state index in [1.54, 1.807) is 11.7 Å². The van der Waals surface area contributed by atoms with Gasteiger partial charge in [0.05, 0.1) is 24.9 Å². The Kier molecular flexibility index (Phi) is 6.13. The topological polar surface area (TPSA) is 85.6 Å². The molecule has 146 valence electrons. The van der Waals surface area contributed by atoms with Crippen molar-refractivity contribution in [3.63, 3.8) is 0 Å². The zero-order valence-electron chi connectivity index (χ0n) is 16.0. The second-order valence-electron chi connectivity index (χ2n) is 7.13. The Morgan fingerprint density at radius 1 is 1.41 bits per heavy atom. The third-order valence-corrected chi connectivity index (χ3v) is 4.74. The van der Waals surface area contributed by atoms with Gasteiger partial charge in [0, 0.05) is 13.7 Å². The third-order valence-electron chi connectivity index (χ3n) is 4.74. The third kappa shape index (κ3) is 4.67. The van der Waals surface area contributed by atoms with Crippen molar-refractivity contribution in [1.29, 1.82) is 0 Å². The summed E-state index contributed by atoms with van der Waals surface area (Å²) in [4.78, 5) is 12.8. The monoisotopic (exact) mass is 373 g/mol. The fourth-order valence-corrected chi connectivity index (χ4v) is 3.07. The van der Waals surface area contributed by atoms with Crippen molar-refractivity contribution >= 4 is 5.91 Å². The average Bonchev–Trinajstić information content (AvgIpc) is 3.06. The van der Waals surface area contributed by atoms with Crippen LogP contribution in [0.5, 0.6) is 5.75 Å². The van der Waals surface area contributed by atoms with Crippen LogP contribution in [0.4, 0.5) is 0 Å². The molecule has 0 saturated carbocycles. The first-order valence-electron chi connectivity index (χ1n) is 9.27. The van der Waals surface area contributed by atoms with E-state index in [1.165, 1.54) is 0 Å². The van der Waals surface area contributed by atoms with Crippen LogP contribution in [0.15, 0.2) is 30.3 Å². The summed E-state index contributed by atoms with van der Waals surface area (Å²) in [6, 6.07) is 8.94. The fourth-order valence-electron chi connectivity index (χ4n) is 3.07. The van der Waals surface area contributed by atoms with E-state index < -0.39 is 0 Å². The fraction of sp³-hybridized carbons (Fsp3) is 0.500. The molecule has 2 aromatic rings. The number of benzene rings is 1. The first kappa shape index (κ1) is 19.4. The van der Waals surface area contributed by atoms with Crippen molar-refractivity contribution in [2.75, 3.05) is 13.2 Å². The normalized spacial score (nSPS) is 19.9. The predicted octanol–water partition coefficient (Wildman–Crippen LogP) is 2.00. The van der Waals surface area contributed by atoms with Gasteiger partial charge in [-0.2, -0.15) is 5.10 Å². The van der Waals surface area contributed by atoms with Crippen molar-refractivity contribution in [2.45, 2.75) is 44.9 Å². The molecule has 0 radical (unpaired) electrons. The number of carbonyl (C=O) groups excluding carboxylic acids is 1. The number of hydrogen-bond acceptors (Lipinski definition) is 5. The minimum atomic E-state index is -0.277. The molecule has 1 amide bonds. The quantitative estimate of drug-likeness (QED) is 0.809. The highest BCUT2D eigenvalue weighted by Crippen LogP contribution is 2.20. The molecule has 1 saturated heterocycles. The summed E-state index contributed by atoms with van der Waals surface area (Å²) in [5.74, 6) is 0.788. The number of amides is 1. The van der Waals surface area contributed by atoms with Gasteiger partial charge in [-0.1, -0.05) is 26.0 Å². The molecule has 0 aliphatic carbocycles. The van der Waals surface area contributed by atoms with Crippen molar-refractivity contribution in [3.05, 3.63) is 47.3 Å². The molecule has 3 rings (SSSR count). The SMILES string of the molecule is CC(C)c1cc(C(=O)N[C@@H]2CCOC[C@H]2Oc2ccc(CO)cc2)n(C)n1. The lowest BCUT2D eigenvalue weighted by Crippen LogP contribution is -2.51. The molecule has 0 bridgehead atoms. The number of nitrogens with zero attached hydrogens (tertiary/aromatic N) is 2. The number of carbonyl (C=O) groups is 1. The van der Waals surface area contributed by atoms with Gasteiger partial charge < -0.3 is 19.9 Å². The van der Waals surface area contributed by atoms with Crippen molar-refractivity contribution < 1.29 is 19.4 Å². The molecule has 1 aromatic carbocycles. The maximum Gasteiger partial charge on any atom is 0.269 e. The molecular weight excluding hydrogens is 346 g/mol. The molecule has 2 N–H and O–H groups in total. The van der Waals surface area contributed by atoms with Gasteiger partial charge in [-0.05, 0) is 36.1 Å². The van der Waals surface area contributed by atoms with E-state index in [2.05, 4.69) is 24.3 Å². The highest BCUT2D eigenvalue weighted by atomic mass is 16.5. The van der Waals surface area contributed by atoms with E-state index in [0.29, 0.717) is 31.1 Å². The molecule has 27 heavy (non-hydrogen) atoms. The summed E-state index contributed by atoms with van der Waals surface area (Å²) in [6.45, 7) is 5.09. The maximum atomic E-state index is 12.8. The van der Waals surface area contributed by atoms with E-state index in [9.17, 15) is 4.79 Å². The van der Waals surface area contributed by atoms with Crippen LogP contribution in [0.2, 0.25) is 0 Å². The Labute approximate surface area is 159 Å². The van der Waals surface area contributed by atoms with Gasteiger partial charge in [-0.3, -0.25) is 9.48 Å². The number of aromatic nitrogens is 2. The van der Waals surface area contributed by atoms with Crippen LogP contribution in [-0.4, -0.2) is 46.2 Å². The summed E-state index contributed by atoms with van der Waals surface area (Å²) in [5, 5.41) is 16.6. The highest BCUT2D eigenvalue weighted by Gasteiger charge is 2.30. The number of aliphatic hydroxyl groups is 1. The van der Waals surface area contributed by atoms with Gasteiger partial charge in [-0.15, -0.1) is 0 Å². The maximum absolute atomic E-state index is 12.8. The van der Waals surface area contributed by atoms with Crippen LogP contribution in [0.25, 0.3) is 0 Å². The van der Waals surface area contributed by atoms with Crippen molar-refractivity contribution in [2.24, 2.45) is 7.05 Å². The number of rotatable bonds is 6.